The average molecular weight is 228 g/mol. The predicted molar refractivity (Wildman–Crippen MR) is 59.8 cm³/mol. The van der Waals surface area contributed by atoms with E-state index < -0.39 is 10.1 Å². The Bertz CT molecular complexity index is 473. The highest BCUT2D eigenvalue weighted by Gasteiger charge is 2.15. The van der Waals surface area contributed by atoms with Crippen molar-refractivity contribution in [2.45, 2.75) is 38.5 Å². The number of benzene rings is 1. The molecular weight excluding hydrogens is 212 g/mol. The van der Waals surface area contributed by atoms with Crippen LogP contribution in [0.1, 0.15) is 36.5 Å². The molecule has 0 aromatic heterocycles. The molecule has 84 valence electrons. The molecule has 1 rings (SSSR count). The summed E-state index contributed by atoms with van der Waals surface area (Å²) in [5, 5.41) is 0. The Morgan fingerprint density at radius 1 is 1.13 bits per heavy atom. The second-order valence-corrected chi connectivity index (χ2v) is 5.49. The fourth-order valence-electron chi connectivity index (χ4n) is 1.71. The van der Waals surface area contributed by atoms with Gasteiger partial charge in [-0.15, -0.1) is 0 Å². The van der Waals surface area contributed by atoms with Crippen LogP contribution in [0.5, 0.6) is 0 Å². The first kappa shape index (κ1) is 12.2. The summed E-state index contributed by atoms with van der Waals surface area (Å²) in [6.07, 6.45) is 0. The predicted octanol–water partition coefficient (Wildman–Crippen LogP) is 2.67. The molecule has 0 unspecified atom stereocenters. The Morgan fingerprint density at radius 3 is 2.07 bits per heavy atom. The molecule has 0 radical (unpaired) electrons. The third kappa shape index (κ3) is 2.58. The zero-order valence-corrected chi connectivity index (χ0v) is 10.2. The van der Waals surface area contributed by atoms with Gasteiger partial charge in [-0.1, -0.05) is 19.9 Å². The summed E-state index contributed by atoms with van der Waals surface area (Å²) >= 11 is 0. The minimum Gasteiger partial charge on any atom is -0.282 e. The van der Waals surface area contributed by atoms with E-state index in [1.165, 1.54) is 6.07 Å². The summed E-state index contributed by atoms with van der Waals surface area (Å²) in [6.45, 7) is 7.64. The lowest BCUT2D eigenvalue weighted by molar-refractivity contribution is 0.482. The molecule has 1 aromatic rings. The lowest BCUT2D eigenvalue weighted by Crippen LogP contribution is -2.04. The van der Waals surface area contributed by atoms with E-state index in [1.54, 1.807) is 6.92 Å². The van der Waals surface area contributed by atoms with E-state index in [0.717, 1.165) is 11.1 Å². The van der Waals surface area contributed by atoms with E-state index in [9.17, 15) is 8.42 Å². The van der Waals surface area contributed by atoms with E-state index in [1.807, 2.05) is 13.0 Å². The Balaban J connectivity index is 3.46. The summed E-state index contributed by atoms with van der Waals surface area (Å²) in [5.41, 5.74) is 2.59. The average Bonchev–Trinajstić information content (AvgIpc) is 2.06. The monoisotopic (exact) mass is 228 g/mol. The maximum atomic E-state index is 11.0. The second kappa shape index (κ2) is 3.94. The number of hydrogen-bond acceptors (Lipinski definition) is 2. The smallest absolute Gasteiger partial charge is 0.282 e. The van der Waals surface area contributed by atoms with Gasteiger partial charge in [0.05, 0.1) is 4.90 Å². The molecule has 0 fully saturated rings. The largest absolute Gasteiger partial charge is 0.294 e. The van der Waals surface area contributed by atoms with Gasteiger partial charge in [-0.2, -0.15) is 8.42 Å². The first-order valence-electron chi connectivity index (χ1n) is 4.82. The summed E-state index contributed by atoms with van der Waals surface area (Å²) in [4.78, 5) is 0.00407. The van der Waals surface area contributed by atoms with Crippen molar-refractivity contribution in [3.63, 3.8) is 0 Å². The molecule has 0 heterocycles. The number of rotatable bonds is 2. The van der Waals surface area contributed by atoms with Crippen molar-refractivity contribution in [2.24, 2.45) is 0 Å². The topological polar surface area (TPSA) is 54.4 Å². The zero-order chi connectivity index (χ0) is 11.8. The normalized spacial score (nSPS) is 12.1. The van der Waals surface area contributed by atoms with Gasteiger partial charge in [0.25, 0.3) is 10.1 Å². The van der Waals surface area contributed by atoms with Crippen LogP contribution >= 0.6 is 0 Å². The van der Waals surface area contributed by atoms with Gasteiger partial charge in [0.2, 0.25) is 0 Å². The first-order valence-corrected chi connectivity index (χ1v) is 6.26. The van der Waals surface area contributed by atoms with Crippen LogP contribution in [0.4, 0.5) is 0 Å². The van der Waals surface area contributed by atoms with Crippen LogP contribution in [-0.2, 0) is 10.1 Å². The summed E-state index contributed by atoms with van der Waals surface area (Å²) in [5.74, 6) is 0.346. The molecule has 0 saturated carbocycles. The quantitative estimate of drug-likeness (QED) is 0.792. The molecule has 0 bridgehead atoms. The minimum atomic E-state index is -4.10. The van der Waals surface area contributed by atoms with Gasteiger partial charge in [-0.25, -0.2) is 0 Å². The van der Waals surface area contributed by atoms with Crippen molar-refractivity contribution < 1.29 is 13.0 Å². The highest BCUT2D eigenvalue weighted by atomic mass is 32.2. The Hall–Kier alpha value is -0.870. The van der Waals surface area contributed by atoms with Gasteiger partial charge in [0.1, 0.15) is 0 Å². The van der Waals surface area contributed by atoms with Crippen LogP contribution in [0.25, 0.3) is 0 Å². The van der Waals surface area contributed by atoms with E-state index in [0.29, 0.717) is 11.5 Å². The van der Waals surface area contributed by atoms with Gasteiger partial charge in [0.15, 0.2) is 0 Å². The third-order valence-corrected chi connectivity index (χ3v) is 3.46. The van der Waals surface area contributed by atoms with Crippen LogP contribution in [0.3, 0.4) is 0 Å². The number of aryl methyl sites for hydroxylation is 2. The van der Waals surface area contributed by atoms with E-state index in [-0.39, 0.29) is 4.90 Å². The van der Waals surface area contributed by atoms with E-state index in [4.69, 9.17) is 4.55 Å². The highest BCUT2D eigenvalue weighted by Crippen LogP contribution is 2.25. The van der Waals surface area contributed by atoms with E-state index in [2.05, 4.69) is 13.8 Å². The van der Waals surface area contributed by atoms with E-state index >= 15 is 0 Å². The van der Waals surface area contributed by atoms with Crippen molar-refractivity contribution in [3.05, 3.63) is 28.8 Å². The molecule has 1 N–H and O–H groups in total. The van der Waals surface area contributed by atoms with Gasteiger partial charge in [-0.3, -0.25) is 4.55 Å². The zero-order valence-electron chi connectivity index (χ0n) is 9.40. The van der Waals surface area contributed by atoms with Gasteiger partial charge < -0.3 is 0 Å². The minimum absolute atomic E-state index is 0.00407. The molecule has 3 nitrogen and oxygen atoms in total. The molecule has 0 amide bonds. The highest BCUT2D eigenvalue weighted by molar-refractivity contribution is 7.85. The Labute approximate surface area is 90.9 Å². The molecule has 0 aliphatic carbocycles. The first-order chi connectivity index (χ1) is 6.73. The van der Waals surface area contributed by atoms with Crippen LogP contribution < -0.4 is 0 Å². The summed E-state index contributed by atoms with van der Waals surface area (Å²) in [6, 6.07) is 3.35. The molecule has 0 aliphatic rings. The molecule has 4 heteroatoms. The third-order valence-electron chi connectivity index (χ3n) is 2.46. The van der Waals surface area contributed by atoms with Crippen molar-refractivity contribution in [1.29, 1.82) is 0 Å². The SMILES string of the molecule is Cc1cc(S(=O)(=O)O)c(C)cc1C(C)C. The van der Waals surface area contributed by atoms with Crippen LogP contribution in [-0.4, -0.2) is 13.0 Å². The summed E-state index contributed by atoms with van der Waals surface area (Å²) < 4.78 is 31.1. The standard InChI is InChI=1S/C11H16O3S/c1-7(2)10-5-9(4)11(6-8(10)3)15(12,13)14/h5-7H,1-4H3,(H,12,13,14). The van der Waals surface area contributed by atoms with Crippen LogP contribution in [0.2, 0.25) is 0 Å². The maximum Gasteiger partial charge on any atom is 0.294 e. The molecule has 0 atom stereocenters. The molecule has 0 spiro atoms. The number of hydrogen-bond donors (Lipinski definition) is 1. The molecule has 0 aliphatic heterocycles. The van der Waals surface area contributed by atoms with Crippen molar-refractivity contribution in [3.8, 4) is 0 Å². The molecule has 15 heavy (non-hydrogen) atoms. The maximum absolute atomic E-state index is 11.0. The fraction of sp³-hybridized carbons (Fsp3) is 0.455. The molecule has 0 saturated heterocycles. The lowest BCUT2D eigenvalue weighted by Gasteiger charge is -2.13. The van der Waals surface area contributed by atoms with Gasteiger partial charge >= 0.3 is 0 Å². The fourth-order valence-corrected chi connectivity index (χ4v) is 2.50. The van der Waals surface area contributed by atoms with Crippen LogP contribution in [0, 0.1) is 13.8 Å². The lowest BCUT2D eigenvalue weighted by atomic mass is 9.96. The van der Waals surface area contributed by atoms with Crippen molar-refractivity contribution in [1.82, 2.24) is 0 Å². The van der Waals surface area contributed by atoms with Gasteiger partial charge in [-0.05, 0) is 42.5 Å². The second-order valence-electron chi connectivity index (χ2n) is 4.10. The van der Waals surface area contributed by atoms with Crippen LogP contribution in [0.15, 0.2) is 17.0 Å². The van der Waals surface area contributed by atoms with Crippen molar-refractivity contribution in [2.75, 3.05) is 0 Å². The Morgan fingerprint density at radius 2 is 1.67 bits per heavy atom. The molecule has 1 aromatic carbocycles. The van der Waals surface area contributed by atoms with Crippen molar-refractivity contribution >= 4 is 10.1 Å². The Kier molecular flexibility index (Phi) is 3.21. The molecular formula is C11H16O3S. The summed E-state index contributed by atoms with van der Waals surface area (Å²) in [7, 11) is -4.10. The van der Waals surface area contributed by atoms with Gasteiger partial charge in [0, 0.05) is 0 Å².